The van der Waals surface area contributed by atoms with Crippen molar-refractivity contribution in [2.24, 2.45) is 0 Å². The zero-order valence-corrected chi connectivity index (χ0v) is 10.6. The highest BCUT2D eigenvalue weighted by Crippen LogP contribution is 2.11. The summed E-state index contributed by atoms with van der Waals surface area (Å²) in [6.45, 7) is 4.42. The summed E-state index contributed by atoms with van der Waals surface area (Å²) >= 11 is 5.79. The normalized spacial score (nSPS) is 9.75. The first kappa shape index (κ1) is 12.8. The third kappa shape index (κ3) is 4.07. The van der Waals surface area contributed by atoms with E-state index in [1.54, 1.807) is 18.0 Å². The molecule has 0 N–H and O–H groups in total. The Kier molecular flexibility index (Phi) is 4.56. The van der Waals surface area contributed by atoms with Crippen LogP contribution < -0.4 is 0 Å². The molecule has 0 fully saturated rings. The van der Waals surface area contributed by atoms with Gasteiger partial charge in [-0.25, -0.2) is 0 Å². The monoisotopic (exact) mass is 237 g/mol. The van der Waals surface area contributed by atoms with Gasteiger partial charge in [-0.3, -0.25) is 4.79 Å². The minimum atomic E-state index is 0.0231. The Hall–Kier alpha value is -1.28. The Bertz CT molecular complexity index is 391. The fraction of sp³-hybridized carbons (Fsp3) is 0.308. The number of halogens is 1. The van der Waals surface area contributed by atoms with E-state index in [0.29, 0.717) is 11.6 Å². The molecule has 0 heterocycles. The van der Waals surface area contributed by atoms with Crippen molar-refractivity contribution in [3.8, 4) is 0 Å². The third-order valence-corrected chi connectivity index (χ3v) is 2.37. The largest absolute Gasteiger partial charge is 0.338 e. The summed E-state index contributed by atoms with van der Waals surface area (Å²) in [4.78, 5) is 13.3. The Morgan fingerprint density at radius 3 is 2.38 bits per heavy atom. The number of benzene rings is 1. The lowest BCUT2D eigenvalue weighted by Crippen LogP contribution is -2.24. The minimum absolute atomic E-state index is 0.0231. The summed E-state index contributed by atoms with van der Waals surface area (Å²) in [7, 11) is 1.79. The van der Waals surface area contributed by atoms with Crippen molar-refractivity contribution >= 4 is 17.5 Å². The van der Waals surface area contributed by atoms with Crippen LogP contribution in [-0.4, -0.2) is 17.9 Å². The highest BCUT2D eigenvalue weighted by molar-refractivity contribution is 6.30. The van der Waals surface area contributed by atoms with Crippen LogP contribution in [0.1, 0.15) is 19.4 Å². The number of allylic oxidation sites excluding steroid dienone is 1. The third-order valence-electron chi connectivity index (χ3n) is 2.12. The standard InChI is InChI=1S/C13H16ClNO/c1-10(2)8-13(16)15(3)9-11-4-6-12(14)7-5-11/h4-8H,9H2,1-3H3. The number of nitrogens with zero attached hydrogens (tertiary/aromatic N) is 1. The van der Waals surface area contributed by atoms with Crippen LogP contribution in [0.15, 0.2) is 35.9 Å². The fourth-order valence-corrected chi connectivity index (χ4v) is 1.42. The van der Waals surface area contributed by atoms with E-state index in [1.807, 2.05) is 38.1 Å². The molecule has 0 saturated heterocycles. The molecule has 0 aliphatic rings. The highest BCUT2D eigenvalue weighted by Gasteiger charge is 2.05. The predicted octanol–water partition coefficient (Wildman–Crippen LogP) is 3.26. The van der Waals surface area contributed by atoms with Gasteiger partial charge < -0.3 is 4.90 Å². The highest BCUT2D eigenvalue weighted by atomic mass is 35.5. The van der Waals surface area contributed by atoms with Crippen molar-refractivity contribution in [2.45, 2.75) is 20.4 Å². The van der Waals surface area contributed by atoms with Gasteiger partial charge in [0, 0.05) is 24.7 Å². The number of hydrogen-bond acceptors (Lipinski definition) is 1. The van der Waals surface area contributed by atoms with Crippen LogP contribution in [0.3, 0.4) is 0 Å². The maximum Gasteiger partial charge on any atom is 0.246 e. The molecular weight excluding hydrogens is 222 g/mol. The minimum Gasteiger partial charge on any atom is -0.338 e. The number of carbonyl (C=O) groups is 1. The van der Waals surface area contributed by atoms with E-state index in [9.17, 15) is 4.79 Å². The van der Waals surface area contributed by atoms with E-state index in [-0.39, 0.29) is 5.91 Å². The van der Waals surface area contributed by atoms with E-state index in [4.69, 9.17) is 11.6 Å². The molecule has 0 atom stereocenters. The molecule has 2 nitrogen and oxygen atoms in total. The molecule has 0 aliphatic carbocycles. The van der Waals surface area contributed by atoms with Gasteiger partial charge in [-0.05, 0) is 31.5 Å². The fourth-order valence-electron chi connectivity index (χ4n) is 1.30. The molecule has 1 amide bonds. The number of hydrogen-bond donors (Lipinski definition) is 0. The van der Waals surface area contributed by atoms with Crippen LogP contribution in [-0.2, 0) is 11.3 Å². The molecule has 0 aromatic heterocycles. The van der Waals surface area contributed by atoms with E-state index < -0.39 is 0 Å². The van der Waals surface area contributed by atoms with Gasteiger partial charge in [0.05, 0.1) is 0 Å². The number of amides is 1. The number of carbonyl (C=O) groups excluding carboxylic acids is 1. The van der Waals surface area contributed by atoms with Gasteiger partial charge in [-0.1, -0.05) is 29.3 Å². The Labute approximate surface area is 102 Å². The quantitative estimate of drug-likeness (QED) is 0.739. The van der Waals surface area contributed by atoms with Gasteiger partial charge in [0.2, 0.25) is 5.91 Å². The molecule has 1 rings (SSSR count). The summed E-state index contributed by atoms with van der Waals surface area (Å²) in [6, 6.07) is 7.51. The van der Waals surface area contributed by atoms with E-state index in [2.05, 4.69) is 0 Å². The zero-order chi connectivity index (χ0) is 12.1. The van der Waals surface area contributed by atoms with Crippen molar-refractivity contribution < 1.29 is 4.79 Å². The molecule has 16 heavy (non-hydrogen) atoms. The zero-order valence-electron chi connectivity index (χ0n) is 9.83. The smallest absolute Gasteiger partial charge is 0.246 e. The summed E-state index contributed by atoms with van der Waals surface area (Å²) in [5.74, 6) is 0.0231. The second kappa shape index (κ2) is 5.71. The van der Waals surface area contributed by atoms with Crippen LogP contribution in [0.2, 0.25) is 5.02 Å². The summed E-state index contributed by atoms with van der Waals surface area (Å²) < 4.78 is 0. The maximum absolute atomic E-state index is 11.6. The molecule has 0 bridgehead atoms. The lowest BCUT2D eigenvalue weighted by Gasteiger charge is -2.15. The second-order valence-corrected chi connectivity index (χ2v) is 4.48. The first-order chi connectivity index (χ1) is 7.49. The average Bonchev–Trinajstić information content (AvgIpc) is 2.20. The summed E-state index contributed by atoms with van der Waals surface area (Å²) in [5.41, 5.74) is 2.08. The first-order valence-electron chi connectivity index (χ1n) is 5.13. The van der Waals surface area contributed by atoms with Gasteiger partial charge in [0.15, 0.2) is 0 Å². The first-order valence-corrected chi connectivity index (χ1v) is 5.51. The van der Waals surface area contributed by atoms with Crippen molar-refractivity contribution in [3.63, 3.8) is 0 Å². The Morgan fingerprint density at radius 2 is 1.88 bits per heavy atom. The van der Waals surface area contributed by atoms with Gasteiger partial charge in [0.1, 0.15) is 0 Å². The van der Waals surface area contributed by atoms with Gasteiger partial charge >= 0.3 is 0 Å². The molecule has 3 heteroatoms. The van der Waals surface area contributed by atoms with Crippen LogP contribution >= 0.6 is 11.6 Å². The van der Waals surface area contributed by atoms with Gasteiger partial charge in [-0.2, -0.15) is 0 Å². The molecule has 0 saturated carbocycles. The second-order valence-electron chi connectivity index (χ2n) is 4.04. The van der Waals surface area contributed by atoms with Gasteiger partial charge in [-0.15, -0.1) is 0 Å². The van der Waals surface area contributed by atoms with E-state index >= 15 is 0 Å². The summed E-state index contributed by atoms with van der Waals surface area (Å²) in [6.07, 6.45) is 1.63. The Morgan fingerprint density at radius 1 is 1.31 bits per heavy atom. The molecule has 86 valence electrons. The lowest BCUT2D eigenvalue weighted by atomic mass is 10.2. The molecular formula is C13H16ClNO. The number of likely N-dealkylation sites (N-methyl/N-ethyl adjacent to an activating group) is 1. The van der Waals surface area contributed by atoms with Crippen molar-refractivity contribution in [1.29, 1.82) is 0 Å². The van der Waals surface area contributed by atoms with Crippen molar-refractivity contribution in [1.82, 2.24) is 4.90 Å². The van der Waals surface area contributed by atoms with Crippen LogP contribution in [0.25, 0.3) is 0 Å². The molecule has 0 aliphatic heterocycles. The van der Waals surface area contributed by atoms with E-state index in [0.717, 1.165) is 11.1 Å². The maximum atomic E-state index is 11.6. The van der Waals surface area contributed by atoms with Crippen LogP contribution in [0, 0.1) is 0 Å². The molecule has 1 aromatic carbocycles. The average molecular weight is 238 g/mol. The molecule has 0 unspecified atom stereocenters. The Balaban J connectivity index is 2.64. The molecule has 0 radical (unpaired) electrons. The number of rotatable bonds is 3. The van der Waals surface area contributed by atoms with Crippen molar-refractivity contribution in [2.75, 3.05) is 7.05 Å². The summed E-state index contributed by atoms with van der Waals surface area (Å²) in [5, 5.41) is 0.710. The van der Waals surface area contributed by atoms with Crippen LogP contribution in [0.5, 0.6) is 0 Å². The van der Waals surface area contributed by atoms with Crippen LogP contribution in [0.4, 0.5) is 0 Å². The predicted molar refractivity (Wildman–Crippen MR) is 67.4 cm³/mol. The van der Waals surface area contributed by atoms with Gasteiger partial charge in [0.25, 0.3) is 0 Å². The molecule has 0 spiro atoms. The van der Waals surface area contributed by atoms with Crippen molar-refractivity contribution in [3.05, 3.63) is 46.5 Å². The topological polar surface area (TPSA) is 20.3 Å². The SMILES string of the molecule is CC(C)=CC(=O)N(C)Cc1ccc(Cl)cc1. The molecule has 1 aromatic rings. The van der Waals surface area contributed by atoms with E-state index in [1.165, 1.54) is 0 Å². The lowest BCUT2D eigenvalue weighted by molar-refractivity contribution is -0.125.